The summed E-state index contributed by atoms with van der Waals surface area (Å²) >= 11 is 5.25. The summed E-state index contributed by atoms with van der Waals surface area (Å²) in [5.41, 5.74) is 3.54. The summed E-state index contributed by atoms with van der Waals surface area (Å²) < 4.78 is 5.26. The zero-order valence-electron chi connectivity index (χ0n) is 16.2. The number of rotatable bonds is 6. The van der Waals surface area contributed by atoms with Gasteiger partial charge in [-0.2, -0.15) is 5.10 Å². The number of nitrogens with zero attached hydrogens (tertiary/aromatic N) is 2. The number of nitro groups is 1. The fraction of sp³-hybridized carbons (Fsp3) is 0.286. The first-order valence-corrected chi connectivity index (χ1v) is 10.1. The van der Waals surface area contributed by atoms with E-state index in [1.54, 1.807) is 30.5 Å². The molecule has 9 heteroatoms. The molecule has 8 nitrogen and oxygen atoms in total. The maximum Gasteiger partial charge on any atom is 0.343 e. The molecule has 0 saturated heterocycles. The lowest BCUT2D eigenvalue weighted by atomic mass is 9.96. The quantitative estimate of drug-likeness (QED) is 0.180. The van der Waals surface area contributed by atoms with Crippen LogP contribution in [0.25, 0.3) is 0 Å². The maximum absolute atomic E-state index is 12.2. The van der Waals surface area contributed by atoms with E-state index in [1.807, 2.05) is 0 Å². The van der Waals surface area contributed by atoms with Gasteiger partial charge in [-0.15, -0.1) is 0 Å². The molecule has 2 aromatic rings. The summed E-state index contributed by atoms with van der Waals surface area (Å²) in [6.07, 6.45) is 7.60. The van der Waals surface area contributed by atoms with Gasteiger partial charge in [-0.25, -0.2) is 4.79 Å². The van der Waals surface area contributed by atoms with Gasteiger partial charge in [0.2, 0.25) is 0 Å². The Labute approximate surface area is 179 Å². The predicted octanol–water partition coefficient (Wildman–Crippen LogP) is 3.94. The zero-order valence-corrected chi connectivity index (χ0v) is 17.1. The second kappa shape index (κ2) is 10.4. The van der Waals surface area contributed by atoms with E-state index in [4.69, 9.17) is 17.0 Å². The molecule has 1 aliphatic rings. The molecule has 1 aliphatic carbocycles. The van der Waals surface area contributed by atoms with E-state index in [2.05, 4.69) is 15.8 Å². The third kappa shape index (κ3) is 6.35. The third-order valence-corrected chi connectivity index (χ3v) is 4.91. The molecule has 0 heterocycles. The Morgan fingerprint density at radius 1 is 1.17 bits per heavy atom. The van der Waals surface area contributed by atoms with Gasteiger partial charge in [-0.05, 0) is 61.0 Å². The summed E-state index contributed by atoms with van der Waals surface area (Å²) in [7, 11) is 0. The number of nitrogens with one attached hydrogen (secondary N) is 2. The van der Waals surface area contributed by atoms with Gasteiger partial charge >= 0.3 is 5.97 Å². The van der Waals surface area contributed by atoms with Crippen LogP contribution in [-0.4, -0.2) is 28.3 Å². The monoisotopic (exact) mass is 426 g/mol. The first-order chi connectivity index (χ1) is 14.5. The summed E-state index contributed by atoms with van der Waals surface area (Å²) in [5, 5.41) is 18.7. The van der Waals surface area contributed by atoms with E-state index >= 15 is 0 Å². The fourth-order valence-corrected chi connectivity index (χ4v) is 3.38. The van der Waals surface area contributed by atoms with Crippen molar-refractivity contribution in [2.75, 3.05) is 0 Å². The normalized spacial score (nSPS) is 14.3. The Kier molecular flexibility index (Phi) is 7.45. The smallest absolute Gasteiger partial charge is 0.343 e. The van der Waals surface area contributed by atoms with Crippen LogP contribution in [0, 0.1) is 10.1 Å². The van der Waals surface area contributed by atoms with Crippen LogP contribution in [0.3, 0.4) is 0 Å². The average Bonchev–Trinajstić information content (AvgIpc) is 2.75. The highest BCUT2D eigenvalue weighted by Gasteiger charge is 2.14. The molecule has 0 bridgehead atoms. The van der Waals surface area contributed by atoms with Crippen molar-refractivity contribution >= 4 is 35.2 Å². The minimum Gasteiger partial charge on any atom is -0.423 e. The number of thiocarbonyl (C=S) groups is 1. The Hall–Kier alpha value is -3.33. The lowest BCUT2D eigenvalue weighted by Gasteiger charge is -2.23. The van der Waals surface area contributed by atoms with Crippen LogP contribution in [0.2, 0.25) is 0 Å². The molecule has 0 unspecified atom stereocenters. The van der Waals surface area contributed by atoms with Gasteiger partial charge in [0.05, 0.1) is 16.7 Å². The number of hydrogen-bond acceptors (Lipinski definition) is 6. The molecule has 0 radical (unpaired) electrons. The molecule has 156 valence electrons. The van der Waals surface area contributed by atoms with Gasteiger partial charge < -0.3 is 10.1 Å². The average molecular weight is 426 g/mol. The Bertz CT molecular complexity index is 940. The number of carbonyl (C=O) groups is 1. The molecule has 0 amide bonds. The summed E-state index contributed by atoms with van der Waals surface area (Å²) in [4.78, 5) is 22.4. The van der Waals surface area contributed by atoms with Gasteiger partial charge in [0, 0.05) is 18.2 Å². The topological polar surface area (TPSA) is 106 Å². The number of carbonyl (C=O) groups excluding carboxylic acids is 1. The van der Waals surface area contributed by atoms with E-state index in [0.29, 0.717) is 16.9 Å². The molecule has 0 atom stereocenters. The largest absolute Gasteiger partial charge is 0.423 e. The van der Waals surface area contributed by atoms with E-state index in [0.717, 1.165) is 18.4 Å². The van der Waals surface area contributed by atoms with Gasteiger partial charge in [0.1, 0.15) is 5.75 Å². The molecular weight excluding hydrogens is 404 g/mol. The molecular formula is C21H22N4O4S. The summed E-state index contributed by atoms with van der Waals surface area (Å²) in [6, 6.07) is 12.5. The molecule has 1 fully saturated rings. The number of hydrogen-bond donors (Lipinski definition) is 2. The third-order valence-electron chi connectivity index (χ3n) is 4.70. The van der Waals surface area contributed by atoms with E-state index < -0.39 is 10.9 Å². The van der Waals surface area contributed by atoms with Crippen molar-refractivity contribution in [1.29, 1.82) is 0 Å². The van der Waals surface area contributed by atoms with E-state index in [-0.39, 0.29) is 11.3 Å². The fourth-order valence-electron chi connectivity index (χ4n) is 3.16. The standard InChI is InChI=1S/C21H22N4O4S/c26-20(16-5-4-8-18(13-16)25(27)28)29-19-11-9-15(10-12-19)14-22-24-21(30)23-17-6-2-1-3-7-17/h4-5,8-14,17H,1-3,6-7H2,(H2,23,24,30)/b22-14+. The van der Waals surface area contributed by atoms with Crippen molar-refractivity contribution in [2.45, 2.75) is 38.1 Å². The van der Waals surface area contributed by atoms with Gasteiger partial charge in [-0.1, -0.05) is 25.3 Å². The molecule has 0 aliphatic heterocycles. The van der Waals surface area contributed by atoms with Crippen LogP contribution in [0.1, 0.15) is 48.0 Å². The van der Waals surface area contributed by atoms with Crippen LogP contribution in [0.15, 0.2) is 53.6 Å². The molecule has 2 N–H and O–H groups in total. The van der Waals surface area contributed by atoms with Crippen molar-refractivity contribution in [3.8, 4) is 5.75 Å². The number of ether oxygens (including phenoxy) is 1. The number of esters is 1. The minimum atomic E-state index is -0.666. The van der Waals surface area contributed by atoms with Crippen LogP contribution in [-0.2, 0) is 0 Å². The van der Waals surface area contributed by atoms with Crippen LogP contribution < -0.4 is 15.5 Å². The van der Waals surface area contributed by atoms with Crippen molar-refractivity contribution < 1.29 is 14.5 Å². The molecule has 1 saturated carbocycles. The van der Waals surface area contributed by atoms with E-state index in [1.165, 1.54) is 43.5 Å². The molecule has 0 spiro atoms. The van der Waals surface area contributed by atoms with Crippen LogP contribution in [0.5, 0.6) is 5.75 Å². The van der Waals surface area contributed by atoms with Crippen molar-refractivity contribution in [3.63, 3.8) is 0 Å². The Balaban J connectivity index is 1.50. The number of benzene rings is 2. The van der Waals surface area contributed by atoms with Crippen molar-refractivity contribution in [1.82, 2.24) is 10.7 Å². The maximum atomic E-state index is 12.2. The van der Waals surface area contributed by atoms with Crippen molar-refractivity contribution in [3.05, 3.63) is 69.8 Å². The molecule has 0 aromatic heterocycles. The summed E-state index contributed by atoms with van der Waals surface area (Å²) in [6.45, 7) is 0. The van der Waals surface area contributed by atoms with Crippen LogP contribution >= 0.6 is 12.2 Å². The summed E-state index contributed by atoms with van der Waals surface area (Å²) in [5.74, 6) is -0.341. The molecule has 3 rings (SSSR count). The molecule has 2 aromatic carbocycles. The van der Waals surface area contributed by atoms with Gasteiger partial charge in [0.15, 0.2) is 5.11 Å². The minimum absolute atomic E-state index is 0.109. The Morgan fingerprint density at radius 3 is 2.60 bits per heavy atom. The highest BCUT2D eigenvalue weighted by molar-refractivity contribution is 7.80. The van der Waals surface area contributed by atoms with Crippen molar-refractivity contribution in [2.24, 2.45) is 5.10 Å². The highest BCUT2D eigenvalue weighted by atomic mass is 32.1. The Morgan fingerprint density at radius 2 is 1.90 bits per heavy atom. The second-order valence-electron chi connectivity index (χ2n) is 6.94. The SMILES string of the molecule is O=C(Oc1ccc(/C=N/NC(=S)NC2CCCCC2)cc1)c1cccc([N+](=O)[O-])c1. The first-order valence-electron chi connectivity index (χ1n) is 9.67. The van der Waals surface area contributed by atoms with Gasteiger partial charge in [0.25, 0.3) is 5.69 Å². The lowest BCUT2D eigenvalue weighted by Crippen LogP contribution is -2.40. The van der Waals surface area contributed by atoms with E-state index in [9.17, 15) is 14.9 Å². The zero-order chi connectivity index (χ0) is 21.3. The highest BCUT2D eigenvalue weighted by Crippen LogP contribution is 2.18. The predicted molar refractivity (Wildman–Crippen MR) is 118 cm³/mol. The number of nitro benzene ring substituents is 1. The number of hydrazone groups is 1. The van der Waals surface area contributed by atoms with Gasteiger partial charge in [-0.3, -0.25) is 15.5 Å². The number of non-ortho nitro benzene ring substituents is 1. The second-order valence-corrected chi connectivity index (χ2v) is 7.35. The lowest BCUT2D eigenvalue weighted by molar-refractivity contribution is -0.384. The first kappa shape index (κ1) is 21.4. The van der Waals surface area contributed by atoms with Crippen LogP contribution in [0.4, 0.5) is 5.69 Å². The molecule has 30 heavy (non-hydrogen) atoms.